The highest BCUT2D eigenvalue weighted by molar-refractivity contribution is 6.22. The van der Waals surface area contributed by atoms with Crippen molar-refractivity contribution < 1.29 is 24.2 Å². The fraction of sp³-hybridized carbons (Fsp3) is 0.111. The third-order valence-corrected chi connectivity index (χ3v) is 6.03. The van der Waals surface area contributed by atoms with Gasteiger partial charge in [0.15, 0.2) is 5.43 Å². The van der Waals surface area contributed by atoms with Crippen molar-refractivity contribution in [2.45, 2.75) is 12.8 Å². The summed E-state index contributed by atoms with van der Waals surface area (Å²) in [6.45, 7) is 1.88. The molecule has 1 aliphatic rings. The lowest BCUT2D eigenvalue weighted by atomic mass is 9.82. The monoisotopic (exact) mass is 440 g/mol. The summed E-state index contributed by atoms with van der Waals surface area (Å²) in [5.74, 6) is -0.886. The molecule has 164 valence electrons. The van der Waals surface area contributed by atoms with Gasteiger partial charge in [-0.15, -0.1) is 0 Å². The zero-order chi connectivity index (χ0) is 23.3. The number of aromatic hydroxyl groups is 1. The van der Waals surface area contributed by atoms with Gasteiger partial charge in [0.05, 0.1) is 29.6 Å². The third-order valence-electron chi connectivity index (χ3n) is 6.03. The highest BCUT2D eigenvalue weighted by atomic mass is 16.5. The molecule has 2 N–H and O–H groups in total. The average molecular weight is 440 g/mol. The smallest absolute Gasteiger partial charge is 0.336 e. The van der Waals surface area contributed by atoms with Crippen molar-refractivity contribution in [2.75, 3.05) is 7.11 Å². The van der Waals surface area contributed by atoms with Gasteiger partial charge >= 0.3 is 5.97 Å². The van der Waals surface area contributed by atoms with Gasteiger partial charge in [0.2, 0.25) is 0 Å². The Hall–Kier alpha value is -4.32. The topological polar surface area (TPSA) is 97.0 Å². The zero-order valence-electron chi connectivity index (χ0n) is 18.0. The molecule has 1 unspecified atom stereocenters. The number of benzene rings is 3. The van der Waals surface area contributed by atoms with Crippen LogP contribution in [-0.4, -0.2) is 23.3 Å². The molecule has 1 heterocycles. The van der Waals surface area contributed by atoms with Crippen molar-refractivity contribution in [3.8, 4) is 11.5 Å². The van der Waals surface area contributed by atoms with E-state index in [0.29, 0.717) is 17.1 Å². The Labute approximate surface area is 189 Å². The molecule has 0 fully saturated rings. The summed E-state index contributed by atoms with van der Waals surface area (Å²) in [5, 5.41) is 20.3. The molecule has 3 aromatic carbocycles. The van der Waals surface area contributed by atoms with Gasteiger partial charge < -0.3 is 19.4 Å². The van der Waals surface area contributed by atoms with Gasteiger partial charge in [0.1, 0.15) is 22.8 Å². The van der Waals surface area contributed by atoms with Crippen LogP contribution < -0.4 is 10.2 Å². The van der Waals surface area contributed by atoms with Crippen LogP contribution in [0.2, 0.25) is 0 Å². The lowest BCUT2D eigenvalue weighted by molar-refractivity contribution is -0.130. The quantitative estimate of drug-likeness (QED) is 0.469. The number of hydrogen-bond donors (Lipinski definition) is 2. The lowest BCUT2D eigenvalue weighted by Gasteiger charge is -2.23. The van der Waals surface area contributed by atoms with Crippen molar-refractivity contribution in [2.24, 2.45) is 0 Å². The maximum Gasteiger partial charge on any atom is 0.336 e. The standard InChI is InChI=1S/C27H20O6/c1-14-10-17(32-2)12-19-20(27(30)31)13-21-25(29)18-9-8-16(28)11-22(18)33-26(21)24(23(14)19)15-6-4-3-5-7-15/h3-13,24,28H,1-2H3,(H,30,31). The molecular weight excluding hydrogens is 420 g/mol. The normalized spacial score (nSPS) is 14.7. The Morgan fingerprint density at radius 3 is 2.52 bits per heavy atom. The number of aliphatic carboxylic acids is 1. The molecule has 0 saturated heterocycles. The van der Waals surface area contributed by atoms with Gasteiger partial charge in [-0.3, -0.25) is 4.79 Å². The molecular formula is C27H20O6. The first kappa shape index (κ1) is 20.6. The van der Waals surface area contributed by atoms with Crippen molar-refractivity contribution in [1.29, 1.82) is 0 Å². The summed E-state index contributed by atoms with van der Waals surface area (Å²) < 4.78 is 11.7. The van der Waals surface area contributed by atoms with Gasteiger partial charge in [-0.1, -0.05) is 30.3 Å². The van der Waals surface area contributed by atoms with Gasteiger partial charge in [-0.25, -0.2) is 4.79 Å². The Bertz CT molecular complexity index is 1510. The number of methoxy groups -OCH3 is 1. The van der Waals surface area contributed by atoms with E-state index in [-0.39, 0.29) is 33.3 Å². The summed E-state index contributed by atoms with van der Waals surface area (Å²) in [6.07, 6.45) is 1.39. The van der Waals surface area contributed by atoms with E-state index in [1.807, 2.05) is 43.3 Å². The second-order valence-electron chi connectivity index (χ2n) is 8.00. The van der Waals surface area contributed by atoms with E-state index in [0.717, 1.165) is 16.7 Å². The molecule has 5 rings (SSSR count). The summed E-state index contributed by atoms with van der Waals surface area (Å²) >= 11 is 0. The van der Waals surface area contributed by atoms with Crippen LogP contribution in [0, 0.1) is 6.92 Å². The number of carbonyl (C=O) groups is 1. The molecule has 0 bridgehead atoms. The van der Waals surface area contributed by atoms with Crippen LogP contribution in [0.3, 0.4) is 0 Å². The van der Waals surface area contributed by atoms with Crippen LogP contribution >= 0.6 is 0 Å². The summed E-state index contributed by atoms with van der Waals surface area (Å²) in [5.41, 5.74) is 2.87. The van der Waals surface area contributed by atoms with Gasteiger partial charge in [-0.05, 0) is 59.5 Å². The summed E-state index contributed by atoms with van der Waals surface area (Å²) in [7, 11) is 1.52. The first-order valence-electron chi connectivity index (χ1n) is 10.4. The van der Waals surface area contributed by atoms with Crippen LogP contribution in [0.4, 0.5) is 0 Å². The molecule has 33 heavy (non-hydrogen) atoms. The fourth-order valence-corrected chi connectivity index (χ4v) is 4.55. The van der Waals surface area contributed by atoms with E-state index in [1.165, 1.54) is 31.4 Å². The fourth-order valence-electron chi connectivity index (χ4n) is 4.55. The summed E-state index contributed by atoms with van der Waals surface area (Å²) in [6, 6.07) is 17.3. The maximum absolute atomic E-state index is 13.5. The number of carboxylic acid groups (broad SMARTS) is 1. The number of aryl methyl sites for hydroxylation is 1. The van der Waals surface area contributed by atoms with E-state index in [9.17, 15) is 19.8 Å². The minimum atomic E-state index is -1.16. The van der Waals surface area contributed by atoms with Gasteiger partial charge in [-0.2, -0.15) is 0 Å². The van der Waals surface area contributed by atoms with Crippen LogP contribution in [0.5, 0.6) is 11.5 Å². The second-order valence-corrected chi connectivity index (χ2v) is 8.00. The maximum atomic E-state index is 13.5. The lowest BCUT2D eigenvalue weighted by Crippen LogP contribution is -2.14. The average Bonchev–Trinajstić information content (AvgIpc) is 2.94. The molecule has 0 spiro atoms. The van der Waals surface area contributed by atoms with Gasteiger partial charge in [0, 0.05) is 6.07 Å². The van der Waals surface area contributed by atoms with Crippen LogP contribution in [-0.2, 0) is 4.79 Å². The van der Waals surface area contributed by atoms with Crippen LogP contribution in [0.25, 0.3) is 22.6 Å². The van der Waals surface area contributed by atoms with E-state index >= 15 is 0 Å². The number of ether oxygens (including phenoxy) is 1. The number of rotatable bonds is 3. The molecule has 0 aliphatic heterocycles. The number of carboxylic acids is 1. The molecule has 6 heteroatoms. The Morgan fingerprint density at radius 2 is 1.82 bits per heavy atom. The Kier molecular flexibility index (Phi) is 4.78. The van der Waals surface area contributed by atoms with E-state index in [2.05, 4.69) is 0 Å². The van der Waals surface area contributed by atoms with Crippen molar-refractivity contribution in [3.05, 3.63) is 104 Å². The SMILES string of the molecule is COc1cc(C)c2c(c1)C(C(=O)O)=Cc1c(oc3cc(O)ccc3c1=O)C2c1ccccc1. The van der Waals surface area contributed by atoms with Crippen molar-refractivity contribution >= 4 is 28.6 Å². The largest absolute Gasteiger partial charge is 0.508 e. The highest BCUT2D eigenvalue weighted by Gasteiger charge is 2.34. The third kappa shape index (κ3) is 3.27. The zero-order valence-corrected chi connectivity index (χ0v) is 18.0. The van der Waals surface area contributed by atoms with E-state index in [4.69, 9.17) is 9.15 Å². The number of phenols is 1. The number of fused-ring (bicyclic) bond motifs is 3. The van der Waals surface area contributed by atoms with Gasteiger partial charge in [0.25, 0.3) is 0 Å². The first-order chi connectivity index (χ1) is 15.9. The number of phenolic OH excluding ortho intramolecular Hbond substituents is 1. The first-order valence-corrected chi connectivity index (χ1v) is 10.4. The van der Waals surface area contributed by atoms with Crippen LogP contribution in [0.15, 0.2) is 69.9 Å². The number of hydrogen-bond acceptors (Lipinski definition) is 5. The van der Waals surface area contributed by atoms with Crippen molar-refractivity contribution in [1.82, 2.24) is 0 Å². The molecule has 1 atom stereocenters. The van der Waals surface area contributed by atoms with E-state index < -0.39 is 11.9 Å². The summed E-state index contributed by atoms with van der Waals surface area (Å²) in [4.78, 5) is 25.9. The highest BCUT2D eigenvalue weighted by Crippen LogP contribution is 2.44. The minimum absolute atomic E-state index is 0.0166. The molecule has 1 aromatic heterocycles. The minimum Gasteiger partial charge on any atom is -0.508 e. The predicted octanol–water partition coefficient (Wildman–Crippen LogP) is 4.93. The second kappa shape index (κ2) is 7.67. The van der Waals surface area contributed by atoms with Crippen molar-refractivity contribution in [3.63, 3.8) is 0 Å². The predicted molar refractivity (Wildman–Crippen MR) is 125 cm³/mol. The molecule has 4 aromatic rings. The Morgan fingerprint density at radius 1 is 1.06 bits per heavy atom. The van der Waals surface area contributed by atoms with E-state index in [1.54, 1.807) is 6.07 Å². The van der Waals surface area contributed by atoms with Crippen LogP contribution in [0.1, 0.15) is 39.5 Å². The molecule has 0 radical (unpaired) electrons. The molecule has 1 aliphatic carbocycles. The molecule has 0 amide bonds. The molecule has 0 saturated carbocycles. The molecule has 6 nitrogen and oxygen atoms in total. The Balaban J connectivity index is 1.99.